The molecule has 37 heavy (non-hydrogen) atoms. The number of carbonyl (C=O) groups is 3. The fourth-order valence-electron chi connectivity index (χ4n) is 6.53. The third-order valence-electron chi connectivity index (χ3n) is 8.30. The average Bonchev–Trinajstić information content (AvgIpc) is 3.21. The molecule has 2 amide bonds. The lowest BCUT2D eigenvalue weighted by Crippen LogP contribution is -2.60. The summed E-state index contributed by atoms with van der Waals surface area (Å²) in [5.41, 5.74) is -2.00. The topological polar surface area (TPSA) is 96.4 Å². The van der Waals surface area contributed by atoms with Gasteiger partial charge in [-0.2, -0.15) is 0 Å². The molecule has 1 N–H and O–H groups in total. The Hall–Kier alpha value is -2.68. The van der Waals surface area contributed by atoms with E-state index in [-0.39, 0.29) is 37.5 Å². The van der Waals surface area contributed by atoms with Crippen molar-refractivity contribution < 1.29 is 29.0 Å². The second-order valence-electron chi connectivity index (χ2n) is 10.5. The molecule has 4 heterocycles. The summed E-state index contributed by atoms with van der Waals surface area (Å²) in [6, 6.07) is 5.30. The molecule has 1 unspecified atom stereocenters. The Balaban J connectivity index is 1.72. The number of likely N-dealkylation sites (tertiary alicyclic amines) is 1. The highest BCUT2D eigenvalue weighted by Crippen LogP contribution is 2.59. The quantitative estimate of drug-likeness (QED) is 0.466. The third kappa shape index (κ3) is 3.75. The van der Waals surface area contributed by atoms with Gasteiger partial charge in [-0.1, -0.05) is 68.8 Å². The summed E-state index contributed by atoms with van der Waals surface area (Å²) in [4.78, 5) is 45.3. The van der Waals surface area contributed by atoms with Crippen LogP contribution in [-0.4, -0.2) is 70.8 Å². The summed E-state index contributed by atoms with van der Waals surface area (Å²) in [6.45, 7) is 5.79. The Kier molecular flexibility index (Phi) is 6.71. The van der Waals surface area contributed by atoms with Crippen molar-refractivity contribution in [3.05, 3.63) is 53.6 Å². The van der Waals surface area contributed by atoms with E-state index in [0.29, 0.717) is 23.6 Å². The van der Waals surface area contributed by atoms with Gasteiger partial charge in [-0.3, -0.25) is 14.4 Å². The Bertz CT molecular complexity index is 1170. The van der Waals surface area contributed by atoms with Gasteiger partial charge in [0.25, 0.3) is 5.91 Å². The van der Waals surface area contributed by atoms with Gasteiger partial charge in [0.1, 0.15) is 23.2 Å². The van der Waals surface area contributed by atoms with Gasteiger partial charge in [0.05, 0.1) is 35.9 Å². The zero-order valence-corrected chi connectivity index (χ0v) is 22.1. The Labute approximate surface area is 221 Å². The molecule has 8 nitrogen and oxygen atoms in total. The van der Waals surface area contributed by atoms with Gasteiger partial charge < -0.3 is 24.4 Å². The van der Waals surface area contributed by atoms with Gasteiger partial charge in [0.2, 0.25) is 5.91 Å². The first kappa shape index (κ1) is 25.9. The van der Waals surface area contributed by atoms with Crippen LogP contribution >= 0.6 is 11.6 Å². The van der Waals surface area contributed by atoms with Crippen LogP contribution in [0.5, 0.6) is 0 Å². The Morgan fingerprint density at radius 3 is 2.54 bits per heavy atom. The Morgan fingerprint density at radius 1 is 1.11 bits per heavy atom. The summed E-state index contributed by atoms with van der Waals surface area (Å²) in [5, 5.41) is 10.8. The van der Waals surface area contributed by atoms with Crippen molar-refractivity contribution in [3.63, 3.8) is 0 Å². The van der Waals surface area contributed by atoms with Crippen molar-refractivity contribution in [2.75, 3.05) is 24.7 Å². The molecule has 1 aromatic carbocycles. The highest BCUT2D eigenvalue weighted by atomic mass is 35.5. The van der Waals surface area contributed by atoms with Crippen LogP contribution < -0.4 is 4.90 Å². The number of amides is 2. The van der Waals surface area contributed by atoms with Crippen LogP contribution in [0.25, 0.3) is 0 Å². The molecule has 198 valence electrons. The third-order valence-corrected chi connectivity index (χ3v) is 8.62. The monoisotopic (exact) mass is 528 g/mol. The van der Waals surface area contributed by atoms with Crippen molar-refractivity contribution in [2.45, 2.75) is 56.9 Å². The van der Waals surface area contributed by atoms with Crippen LogP contribution in [0.15, 0.2) is 48.6 Å². The van der Waals surface area contributed by atoms with Crippen LogP contribution in [0, 0.1) is 17.8 Å². The van der Waals surface area contributed by atoms with Crippen LogP contribution in [0.4, 0.5) is 5.69 Å². The van der Waals surface area contributed by atoms with Crippen molar-refractivity contribution in [2.24, 2.45) is 17.8 Å². The van der Waals surface area contributed by atoms with E-state index in [0.717, 1.165) is 0 Å². The molecular formula is C28H33ClN2O6. The minimum Gasteiger partial charge on any atom is -0.465 e. The number of ether oxygens (including phenoxy) is 2. The minimum atomic E-state index is -1.42. The number of benzene rings is 1. The van der Waals surface area contributed by atoms with E-state index in [1.165, 1.54) is 4.90 Å². The molecule has 2 fully saturated rings. The lowest BCUT2D eigenvalue weighted by molar-refractivity contribution is -0.162. The number of halogens is 1. The van der Waals surface area contributed by atoms with Gasteiger partial charge in [0.15, 0.2) is 0 Å². The summed E-state index contributed by atoms with van der Waals surface area (Å²) >= 11 is 6.49. The predicted molar refractivity (Wildman–Crippen MR) is 138 cm³/mol. The number of aliphatic hydroxyl groups is 1. The molecule has 5 rings (SSSR count). The van der Waals surface area contributed by atoms with E-state index >= 15 is 0 Å². The number of hydrogen-bond acceptors (Lipinski definition) is 6. The van der Waals surface area contributed by atoms with E-state index < -0.39 is 41.1 Å². The molecule has 9 heteroatoms. The number of cyclic esters (lactones) is 1. The maximum absolute atomic E-state index is 14.5. The number of hydrogen-bond donors (Lipinski definition) is 1. The fraction of sp³-hybridized carbons (Fsp3) is 0.536. The van der Waals surface area contributed by atoms with Gasteiger partial charge in [0, 0.05) is 6.54 Å². The molecule has 0 saturated carbocycles. The summed E-state index contributed by atoms with van der Waals surface area (Å²) in [5.74, 6) is -3.32. The summed E-state index contributed by atoms with van der Waals surface area (Å²) < 4.78 is 12.4. The molecular weight excluding hydrogens is 496 g/mol. The smallest absolute Gasteiger partial charge is 0.313 e. The van der Waals surface area contributed by atoms with Crippen LogP contribution in [-0.2, 0) is 23.9 Å². The number of rotatable bonds is 5. The fourth-order valence-corrected chi connectivity index (χ4v) is 6.77. The molecule has 1 aromatic rings. The normalized spacial score (nSPS) is 34.0. The lowest BCUT2D eigenvalue weighted by atomic mass is 9.73. The minimum absolute atomic E-state index is 0.154. The van der Waals surface area contributed by atoms with Gasteiger partial charge in [-0.25, -0.2) is 0 Å². The SMILES string of the molecule is CC[C@@]12C=CCCOC(=O)[C@@H]1[C@H]1C(=O)N([C@@H](CO)C(C)C)C3C(=O)N(c4ccccc4Cl)CC=C[C@@]31O2. The number of para-hydroxylation sites is 1. The molecule has 2 saturated heterocycles. The van der Waals surface area contributed by atoms with Crippen LogP contribution in [0.3, 0.4) is 0 Å². The van der Waals surface area contributed by atoms with Crippen molar-refractivity contribution in [1.82, 2.24) is 4.90 Å². The van der Waals surface area contributed by atoms with E-state index in [4.69, 9.17) is 21.1 Å². The first-order valence-electron chi connectivity index (χ1n) is 12.9. The standard InChI is InChI=1S/C28H33ClN2O6/c1-4-27-12-7-8-15-36-26(35)22(27)21-24(33)31(20(16-32)17(2)3)23-25(34)30(14-9-13-28(21,23)37-27)19-11-6-5-10-18(19)29/h5-7,9-13,17,20-23,32H,4,8,14-16H2,1-3H3/t20-,21-,22-,23?,27+,28-/m0/s1. The number of carbonyl (C=O) groups excluding carboxylic acids is 3. The first-order valence-corrected chi connectivity index (χ1v) is 13.3. The Morgan fingerprint density at radius 2 is 1.86 bits per heavy atom. The second-order valence-corrected chi connectivity index (χ2v) is 10.9. The van der Waals surface area contributed by atoms with E-state index in [9.17, 15) is 19.5 Å². The second kappa shape index (κ2) is 9.57. The van der Waals surface area contributed by atoms with Crippen molar-refractivity contribution in [1.29, 1.82) is 0 Å². The average molecular weight is 529 g/mol. The summed E-state index contributed by atoms with van der Waals surface area (Å²) in [6.07, 6.45) is 8.35. The number of aliphatic hydroxyl groups excluding tert-OH is 1. The molecule has 0 bridgehead atoms. The molecule has 0 aliphatic carbocycles. The number of anilines is 1. The van der Waals surface area contributed by atoms with Gasteiger partial charge in [-0.05, 0) is 30.9 Å². The largest absolute Gasteiger partial charge is 0.465 e. The van der Waals surface area contributed by atoms with Crippen molar-refractivity contribution >= 4 is 35.1 Å². The number of fused-ring (bicyclic) bond motifs is 2. The zero-order chi connectivity index (χ0) is 26.5. The van der Waals surface area contributed by atoms with Crippen LogP contribution in [0.2, 0.25) is 5.02 Å². The van der Waals surface area contributed by atoms with Gasteiger partial charge in [-0.15, -0.1) is 0 Å². The predicted octanol–water partition coefficient (Wildman–Crippen LogP) is 3.12. The van der Waals surface area contributed by atoms with E-state index in [1.54, 1.807) is 35.2 Å². The zero-order valence-electron chi connectivity index (χ0n) is 21.3. The van der Waals surface area contributed by atoms with Crippen molar-refractivity contribution in [3.8, 4) is 0 Å². The highest BCUT2D eigenvalue weighted by molar-refractivity contribution is 6.34. The van der Waals surface area contributed by atoms with E-state index in [1.807, 2.05) is 39.0 Å². The highest BCUT2D eigenvalue weighted by Gasteiger charge is 2.76. The molecule has 6 atom stereocenters. The maximum Gasteiger partial charge on any atom is 0.313 e. The molecule has 1 spiro atoms. The maximum atomic E-state index is 14.5. The molecule has 4 aliphatic rings. The summed E-state index contributed by atoms with van der Waals surface area (Å²) in [7, 11) is 0. The molecule has 0 radical (unpaired) electrons. The first-order chi connectivity index (χ1) is 17.7. The molecule has 4 aliphatic heterocycles. The molecule has 0 aromatic heterocycles. The van der Waals surface area contributed by atoms with Gasteiger partial charge >= 0.3 is 5.97 Å². The lowest BCUT2D eigenvalue weighted by Gasteiger charge is -2.42. The van der Waals surface area contributed by atoms with E-state index in [2.05, 4.69) is 0 Å². The number of nitrogens with zero attached hydrogens (tertiary/aromatic N) is 2. The number of esters is 1. The van der Waals surface area contributed by atoms with Crippen LogP contribution in [0.1, 0.15) is 33.6 Å².